The molecule has 0 N–H and O–H groups in total. The van der Waals surface area contributed by atoms with Crippen LogP contribution in [0.15, 0.2) is 0 Å². The summed E-state index contributed by atoms with van der Waals surface area (Å²) in [6.45, 7) is 20.0. The highest BCUT2D eigenvalue weighted by Crippen LogP contribution is 2.32. The molecule has 45 heavy (non-hydrogen) atoms. The van der Waals surface area contributed by atoms with Gasteiger partial charge in [-0.2, -0.15) is 0 Å². The van der Waals surface area contributed by atoms with E-state index in [0.717, 1.165) is 19.4 Å². The average Bonchev–Trinajstić information content (AvgIpc) is 2.98. The van der Waals surface area contributed by atoms with Gasteiger partial charge in [-0.05, 0) is 69.0 Å². The first-order chi connectivity index (χ1) is 21.4. The Kier molecular flexibility index (Phi) is 27.7. The highest BCUT2D eigenvalue weighted by atomic mass is 16.9. The first kappa shape index (κ1) is 44.8. The molecular weight excluding hydrogens is 554 g/mol. The highest BCUT2D eigenvalue weighted by molar-refractivity contribution is 4.74. The standard InChI is InChI=1S/C41H85NO3/c1-11-12-13-14-21-26-31-38(41(43-8,44-9)45-10)32-37-42(35-29-24-19-15-17-22-27-33-39(2,3)4)36-30-25-20-16-18-23-28-34-40(5,6)7/h38H,11-37H2,1-10H3. The second-order valence-electron chi connectivity index (χ2n) is 16.7. The van der Waals surface area contributed by atoms with Crippen molar-refractivity contribution in [3.05, 3.63) is 0 Å². The van der Waals surface area contributed by atoms with Crippen LogP contribution in [0.25, 0.3) is 0 Å². The molecule has 4 nitrogen and oxygen atoms in total. The molecule has 0 aromatic rings. The fraction of sp³-hybridized carbons (Fsp3) is 1.00. The van der Waals surface area contributed by atoms with Crippen molar-refractivity contribution in [2.75, 3.05) is 41.0 Å². The van der Waals surface area contributed by atoms with Crippen LogP contribution in [0.4, 0.5) is 0 Å². The molecule has 1 atom stereocenters. The van der Waals surface area contributed by atoms with E-state index in [-0.39, 0.29) is 5.92 Å². The van der Waals surface area contributed by atoms with Crippen LogP contribution in [-0.4, -0.2) is 51.8 Å². The van der Waals surface area contributed by atoms with Crippen LogP contribution in [-0.2, 0) is 14.2 Å². The molecule has 0 saturated heterocycles. The summed E-state index contributed by atoms with van der Waals surface area (Å²) in [6.07, 6.45) is 32.1. The van der Waals surface area contributed by atoms with Gasteiger partial charge in [0.1, 0.15) is 0 Å². The van der Waals surface area contributed by atoms with Crippen LogP contribution in [0.3, 0.4) is 0 Å². The molecule has 0 aromatic carbocycles. The van der Waals surface area contributed by atoms with Gasteiger partial charge in [0, 0.05) is 27.2 Å². The number of hydrogen-bond donors (Lipinski definition) is 0. The summed E-state index contributed by atoms with van der Waals surface area (Å²) in [5.74, 6) is -0.693. The summed E-state index contributed by atoms with van der Waals surface area (Å²) in [5.41, 5.74) is 0.969. The predicted molar refractivity (Wildman–Crippen MR) is 199 cm³/mol. The van der Waals surface area contributed by atoms with Crippen LogP contribution in [0.5, 0.6) is 0 Å². The molecule has 0 bridgehead atoms. The molecule has 0 heterocycles. The summed E-state index contributed by atoms with van der Waals surface area (Å²) >= 11 is 0. The van der Waals surface area contributed by atoms with E-state index in [4.69, 9.17) is 14.2 Å². The lowest BCUT2D eigenvalue weighted by atomic mass is 9.89. The largest absolute Gasteiger partial charge is 0.331 e. The molecule has 0 radical (unpaired) electrons. The van der Waals surface area contributed by atoms with E-state index >= 15 is 0 Å². The second kappa shape index (κ2) is 27.8. The Hall–Kier alpha value is -0.160. The van der Waals surface area contributed by atoms with E-state index in [1.165, 1.54) is 154 Å². The number of ether oxygens (including phenoxy) is 3. The zero-order valence-corrected chi connectivity index (χ0v) is 32.8. The van der Waals surface area contributed by atoms with Crippen LogP contribution >= 0.6 is 0 Å². The van der Waals surface area contributed by atoms with E-state index in [9.17, 15) is 0 Å². The number of nitrogens with zero attached hydrogens (tertiary/aromatic N) is 1. The SMILES string of the molecule is CCCCCCCCC(CCN(CCCCCCCCCC(C)(C)C)CCCCCCCCCC(C)(C)C)C(OC)(OC)OC. The third kappa shape index (κ3) is 26.5. The molecule has 0 fully saturated rings. The molecule has 4 heteroatoms. The van der Waals surface area contributed by atoms with Gasteiger partial charge in [-0.25, -0.2) is 0 Å². The van der Waals surface area contributed by atoms with E-state index in [2.05, 4.69) is 53.4 Å². The Morgan fingerprint density at radius 1 is 0.422 bits per heavy atom. The predicted octanol–water partition coefficient (Wildman–Crippen LogP) is 13.0. The van der Waals surface area contributed by atoms with Crippen LogP contribution in [0.2, 0.25) is 0 Å². The zero-order chi connectivity index (χ0) is 33.9. The van der Waals surface area contributed by atoms with Gasteiger partial charge in [0.15, 0.2) is 0 Å². The summed E-state index contributed by atoms with van der Waals surface area (Å²) < 4.78 is 17.7. The molecule has 272 valence electrons. The maximum absolute atomic E-state index is 5.91. The Labute approximate surface area is 284 Å². The number of hydrogen-bond acceptors (Lipinski definition) is 4. The van der Waals surface area contributed by atoms with Crippen molar-refractivity contribution >= 4 is 0 Å². The van der Waals surface area contributed by atoms with Crippen molar-refractivity contribution in [1.82, 2.24) is 4.90 Å². The fourth-order valence-corrected chi connectivity index (χ4v) is 6.84. The topological polar surface area (TPSA) is 30.9 Å². The first-order valence-corrected chi connectivity index (χ1v) is 19.8. The van der Waals surface area contributed by atoms with Gasteiger partial charge in [0.25, 0.3) is 5.97 Å². The summed E-state index contributed by atoms with van der Waals surface area (Å²) in [4.78, 5) is 2.76. The maximum atomic E-state index is 5.91. The number of methoxy groups -OCH3 is 3. The van der Waals surface area contributed by atoms with Gasteiger partial charge < -0.3 is 19.1 Å². The summed E-state index contributed by atoms with van der Waals surface area (Å²) in [5, 5.41) is 0. The lowest BCUT2D eigenvalue weighted by Crippen LogP contribution is -2.45. The van der Waals surface area contributed by atoms with Crippen molar-refractivity contribution < 1.29 is 14.2 Å². The van der Waals surface area contributed by atoms with E-state index < -0.39 is 5.97 Å². The summed E-state index contributed by atoms with van der Waals surface area (Å²) in [7, 11) is 5.22. The lowest BCUT2D eigenvalue weighted by Gasteiger charge is -2.37. The van der Waals surface area contributed by atoms with Gasteiger partial charge in [0.2, 0.25) is 0 Å². The molecule has 0 amide bonds. The van der Waals surface area contributed by atoms with Gasteiger partial charge in [0.05, 0.1) is 0 Å². The maximum Gasteiger partial charge on any atom is 0.285 e. The monoisotopic (exact) mass is 640 g/mol. The Balaban J connectivity index is 4.83. The van der Waals surface area contributed by atoms with Crippen LogP contribution in [0.1, 0.15) is 203 Å². The fourth-order valence-electron chi connectivity index (χ4n) is 6.84. The third-order valence-electron chi connectivity index (χ3n) is 9.86. The van der Waals surface area contributed by atoms with E-state index in [0.29, 0.717) is 10.8 Å². The second-order valence-corrected chi connectivity index (χ2v) is 16.7. The van der Waals surface area contributed by atoms with Crippen molar-refractivity contribution in [2.45, 2.75) is 209 Å². The molecule has 1 unspecified atom stereocenters. The van der Waals surface area contributed by atoms with Gasteiger partial charge in [-0.1, -0.05) is 164 Å². The van der Waals surface area contributed by atoms with Crippen molar-refractivity contribution in [3.63, 3.8) is 0 Å². The molecule has 0 aliphatic carbocycles. The minimum atomic E-state index is -0.935. The van der Waals surface area contributed by atoms with Gasteiger partial charge >= 0.3 is 0 Å². The van der Waals surface area contributed by atoms with Crippen molar-refractivity contribution in [3.8, 4) is 0 Å². The molecule has 0 saturated carbocycles. The molecule has 0 aromatic heterocycles. The smallest absolute Gasteiger partial charge is 0.285 e. The molecule has 0 aliphatic rings. The normalized spacial score (nSPS) is 13.7. The van der Waals surface area contributed by atoms with Gasteiger partial charge in [-0.3, -0.25) is 0 Å². The van der Waals surface area contributed by atoms with Gasteiger partial charge in [-0.15, -0.1) is 0 Å². The van der Waals surface area contributed by atoms with Crippen LogP contribution < -0.4 is 0 Å². The van der Waals surface area contributed by atoms with Crippen LogP contribution in [0, 0.1) is 16.7 Å². The highest BCUT2D eigenvalue weighted by Gasteiger charge is 2.39. The Bertz CT molecular complexity index is 579. The van der Waals surface area contributed by atoms with Crippen molar-refractivity contribution in [1.29, 1.82) is 0 Å². The zero-order valence-electron chi connectivity index (χ0n) is 32.8. The van der Waals surface area contributed by atoms with E-state index in [1.807, 2.05) is 0 Å². The molecule has 0 aliphatic heterocycles. The average molecular weight is 640 g/mol. The third-order valence-corrected chi connectivity index (χ3v) is 9.86. The Morgan fingerprint density at radius 3 is 1.16 bits per heavy atom. The van der Waals surface area contributed by atoms with E-state index in [1.54, 1.807) is 21.3 Å². The minimum absolute atomic E-state index is 0.243. The summed E-state index contributed by atoms with van der Waals surface area (Å²) in [6, 6.07) is 0. The lowest BCUT2D eigenvalue weighted by molar-refractivity contribution is -0.380. The minimum Gasteiger partial charge on any atom is -0.331 e. The molecular formula is C41H85NO3. The Morgan fingerprint density at radius 2 is 0.778 bits per heavy atom. The van der Waals surface area contributed by atoms with Crippen molar-refractivity contribution in [2.24, 2.45) is 16.7 Å². The molecule has 0 rings (SSSR count). The number of rotatable bonds is 32. The number of unbranched alkanes of at least 4 members (excludes halogenated alkanes) is 17. The molecule has 0 spiro atoms. The first-order valence-electron chi connectivity index (χ1n) is 19.8. The quantitative estimate of drug-likeness (QED) is 0.0541.